The van der Waals surface area contributed by atoms with Gasteiger partial charge in [-0.15, -0.1) is 0 Å². The highest BCUT2D eigenvalue weighted by Crippen LogP contribution is 2.42. The number of rotatable bonds is 8. The van der Waals surface area contributed by atoms with Gasteiger partial charge in [-0.1, -0.05) is 25.3 Å². The number of aromatic nitrogens is 1. The van der Waals surface area contributed by atoms with Gasteiger partial charge in [0, 0.05) is 47.6 Å². The molecule has 3 heterocycles. The first kappa shape index (κ1) is 28.5. The average molecular weight is 555 g/mol. The van der Waals surface area contributed by atoms with Crippen LogP contribution in [-0.2, 0) is 21.6 Å². The number of anilines is 1. The van der Waals surface area contributed by atoms with Crippen LogP contribution < -0.4 is 14.5 Å². The maximum Gasteiger partial charge on any atom is 0.344 e. The van der Waals surface area contributed by atoms with E-state index < -0.39 is 27.4 Å². The highest BCUT2D eigenvalue weighted by Gasteiger charge is 2.36. The average Bonchev–Trinajstić information content (AvgIpc) is 3.71. The summed E-state index contributed by atoms with van der Waals surface area (Å²) in [6.45, 7) is 5.85. The molecule has 0 unspecified atom stereocenters. The molecule has 39 heavy (non-hydrogen) atoms. The molecule has 0 radical (unpaired) electrons. The van der Waals surface area contributed by atoms with E-state index >= 15 is 0 Å². The van der Waals surface area contributed by atoms with Gasteiger partial charge < -0.3 is 14.1 Å². The van der Waals surface area contributed by atoms with E-state index in [1.54, 1.807) is 32.1 Å². The Labute approximate surface area is 228 Å². The number of aliphatic carboxylic acids is 1. The monoisotopic (exact) mass is 554 g/mol. The molecule has 1 saturated carbocycles. The third kappa shape index (κ3) is 6.93. The van der Waals surface area contributed by atoms with Gasteiger partial charge in [0.15, 0.2) is 22.7 Å². The second kappa shape index (κ2) is 11.3. The Morgan fingerprint density at radius 1 is 1.08 bits per heavy atom. The van der Waals surface area contributed by atoms with Crippen LogP contribution in [0, 0.1) is 0 Å². The molecule has 10 heteroatoms. The molecule has 0 atom stereocenters. The number of carbonyl (C=O) groups is 1. The summed E-state index contributed by atoms with van der Waals surface area (Å²) in [5.41, 5.74) is 1.15. The van der Waals surface area contributed by atoms with Gasteiger partial charge in [0.1, 0.15) is 12.1 Å². The number of unbranched alkanes of at least 4 members (excludes halogenated alkanes) is 2. The van der Waals surface area contributed by atoms with Gasteiger partial charge in [0.25, 0.3) is 0 Å². The molecule has 1 aromatic carbocycles. The minimum atomic E-state index is -4.83. The van der Waals surface area contributed by atoms with Gasteiger partial charge in [0.05, 0.1) is 16.8 Å². The molecule has 2 aromatic heterocycles. The molecule has 1 N–H and O–H groups in total. The lowest BCUT2D eigenvalue weighted by Gasteiger charge is -2.43. The van der Waals surface area contributed by atoms with Crippen molar-refractivity contribution in [1.82, 2.24) is 0 Å². The van der Waals surface area contributed by atoms with E-state index in [0.717, 1.165) is 29.3 Å². The Kier molecular flexibility index (Phi) is 8.27. The van der Waals surface area contributed by atoms with Crippen molar-refractivity contribution in [3.63, 3.8) is 0 Å². The van der Waals surface area contributed by atoms with Crippen molar-refractivity contribution in [2.24, 2.45) is 0 Å². The number of carboxylic acid groups (broad SMARTS) is 1. The maximum atomic E-state index is 12.8. The van der Waals surface area contributed by atoms with Gasteiger partial charge >= 0.3 is 11.6 Å². The van der Waals surface area contributed by atoms with Gasteiger partial charge in [-0.3, -0.25) is 9.10 Å². The number of hydrogen-bond acceptors (Lipinski definition) is 6. The molecule has 0 spiro atoms. The zero-order valence-electron chi connectivity index (χ0n) is 22.5. The largest absolute Gasteiger partial charge is 0.731 e. The first-order chi connectivity index (χ1) is 18.4. The van der Waals surface area contributed by atoms with Crippen LogP contribution in [0.15, 0.2) is 58.0 Å². The van der Waals surface area contributed by atoms with Crippen LogP contribution >= 0.6 is 0 Å². The van der Waals surface area contributed by atoms with E-state index in [9.17, 15) is 22.6 Å². The van der Waals surface area contributed by atoms with Gasteiger partial charge in [-0.2, -0.15) is 0 Å². The fourth-order valence-corrected chi connectivity index (χ4v) is 5.78. The Bertz CT molecular complexity index is 1570. The number of benzene rings is 1. The van der Waals surface area contributed by atoms with Crippen molar-refractivity contribution in [3.8, 4) is 11.1 Å². The van der Waals surface area contributed by atoms with E-state index in [1.807, 2.05) is 36.0 Å². The lowest BCUT2D eigenvalue weighted by Crippen LogP contribution is -2.48. The molecule has 3 aromatic rings. The summed E-state index contributed by atoms with van der Waals surface area (Å²) < 4.78 is 44.6. The third-order valence-corrected chi connectivity index (χ3v) is 7.79. The number of hydrogen-bond donors (Lipinski definition) is 1. The van der Waals surface area contributed by atoms with E-state index in [4.69, 9.17) is 9.52 Å². The summed E-state index contributed by atoms with van der Waals surface area (Å²) in [5.74, 6) is -0.787. The molecule has 1 aliphatic carbocycles. The van der Waals surface area contributed by atoms with Crippen LogP contribution in [0.1, 0.15) is 71.3 Å². The van der Waals surface area contributed by atoms with Crippen molar-refractivity contribution in [2.75, 3.05) is 4.31 Å². The number of aryl methyl sites for hydroxylation is 1. The van der Waals surface area contributed by atoms with Crippen molar-refractivity contribution in [3.05, 3.63) is 64.8 Å². The minimum Gasteiger partial charge on any atom is -0.731 e. The molecule has 5 rings (SSSR count). The van der Waals surface area contributed by atoms with Crippen LogP contribution in [0.5, 0.6) is 0 Å². The summed E-state index contributed by atoms with van der Waals surface area (Å²) in [5, 5.41) is 9.32. The fraction of sp³-hybridized carbons (Fsp3) is 0.414. The summed E-state index contributed by atoms with van der Waals surface area (Å²) in [6.07, 6.45) is 12.4. The predicted molar refractivity (Wildman–Crippen MR) is 148 cm³/mol. The van der Waals surface area contributed by atoms with Crippen molar-refractivity contribution >= 4 is 38.5 Å². The highest BCUT2D eigenvalue weighted by molar-refractivity contribution is 7.87. The quantitative estimate of drug-likeness (QED) is 0.179. The highest BCUT2D eigenvalue weighted by atomic mass is 32.2. The van der Waals surface area contributed by atoms with Gasteiger partial charge in [-0.25, -0.2) is 17.8 Å². The SMILES string of the molecule is C1CC1.CC1=CC(C)(C)N(S(=O)(=O)[O-])c2cc3oc(=O)c(-c4cc[n+](CCCCCC(=O)O)cc4)cc3cc21. The van der Waals surface area contributed by atoms with Crippen molar-refractivity contribution in [2.45, 2.75) is 77.8 Å². The first-order valence-corrected chi connectivity index (χ1v) is 14.5. The molecular weight excluding hydrogens is 520 g/mol. The Morgan fingerprint density at radius 3 is 2.31 bits per heavy atom. The van der Waals surface area contributed by atoms with E-state index in [2.05, 4.69) is 0 Å². The summed E-state index contributed by atoms with van der Waals surface area (Å²) >= 11 is 0. The van der Waals surface area contributed by atoms with E-state index in [-0.39, 0.29) is 17.7 Å². The molecule has 208 valence electrons. The Morgan fingerprint density at radius 2 is 1.72 bits per heavy atom. The standard InChI is InChI=1S/C26H28N2O7S.C3H6/c1-17-16-26(2,3)28(36(32,33)34)22-15-23-19(13-20(17)22)14-21(25(31)35-23)18-8-11-27(12-9-18)10-6-4-5-7-24(29)30;1-2-3-1/h8-9,11-16H,4-7,10H2,1-3H3,(H-,29,30,32,33,34);1-3H2. The van der Waals surface area contributed by atoms with Crippen LogP contribution in [0.3, 0.4) is 0 Å². The van der Waals surface area contributed by atoms with E-state index in [0.29, 0.717) is 28.5 Å². The minimum absolute atomic E-state index is 0.169. The third-order valence-electron chi connectivity index (χ3n) is 6.67. The zero-order chi connectivity index (χ0) is 28.4. The fourth-order valence-electron chi connectivity index (χ4n) is 4.76. The second-order valence-corrected chi connectivity index (χ2v) is 11.9. The summed E-state index contributed by atoms with van der Waals surface area (Å²) in [7, 11) is -4.83. The van der Waals surface area contributed by atoms with Crippen molar-refractivity contribution in [1.29, 1.82) is 0 Å². The molecule has 0 amide bonds. The maximum absolute atomic E-state index is 12.8. The van der Waals surface area contributed by atoms with E-state index in [1.165, 1.54) is 25.3 Å². The molecule has 1 aliphatic heterocycles. The first-order valence-electron chi connectivity index (χ1n) is 13.2. The second-order valence-electron chi connectivity index (χ2n) is 10.6. The molecule has 0 saturated heterocycles. The van der Waals surface area contributed by atoms with Crippen LogP contribution in [0.4, 0.5) is 5.69 Å². The summed E-state index contributed by atoms with van der Waals surface area (Å²) in [6, 6.07) is 8.50. The molecular formula is C29H34N2O7S. The number of allylic oxidation sites excluding steroid dienone is 1. The topological polar surface area (TPSA) is 132 Å². The van der Waals surface area contributed by atoms with Gasteiger partial charge in [0.2, 0.25) is 0 Å². The van der Waals surface area contributed by atoms with Gasteiger partial charge in [-0.05, 0) is 51.3 Å². The summed E-state index contributed by atoms with van der Waals surface area (Å²) in [4.78, 5) is 23.4. The zero-order valence-corrected chi connectivity index (χ0v) is 23.3. The lowest BCUT2D eigenvalue weighted by atomic mass is 9.90. The van der Waals surface area contributed by atoms with Crippen molar-refractivity contribution < 1.29 is 31.9 Å². The van der Waals surface area contributed by atoms with Crippen LogP contribution in [0.25, 0.3) is 27.7 Å². The Balaban J connectivity index is 0.00000110. The normalized spacial score (nSPS) is 15.7. The smallest absolute Gasteiger partial charge is 0.344 e. The molecule has 1 fully saturated rings. The molecule has 2 aliphatic rings. The Hall–Kier alpha value is -3.50. The number of carboxylic acids is 1. The van der Waals surface area contributed by atoms with Crippen LogP contribution in [0.2, 0.25) is 0 Å². The van der Waals surface area contributed by atoms with Crippen LogP contribution in [-0.4, -0.2) is 29.6 Å². The molecule has 0 bridgehead atoms. The molecule has 9 nitrogen and oxygen atoms in total. The number of pyridine rings is 1. The number of fused-ring (bicyclic) bond motifs is 2. The predicted octanol–water partition coefficient (Wildman–Crippen LogP) is 5.02. The number of nitrogens with zero attached hydrogens (tertiary/aromatic N) is 2. The lowest BCUT2D eigenvalue weighted by molar-refractivity contribution is -0.697.